The van der Waals surface area contributed by atoms with E-state index in [1.807, 2.05) is 45.0 Å². The topological polar surface area (TPSA) is 86.8 Å². The van der Waals surface area contributed by atoms with Gasteiger partial charge < -0.3 is 10.2 Å². The predicted octanol–water partition coefficient (Wildman–Crippen LogP) is 5.63. The molecule has 2 aromatic carbocycles. The Labute approximate surface area is 232 Å². The molecule has 0 fully saturated rings. The van der Waals surface area contributed by atoms with E-state index in [0.717, 1.165) is 20.6 Å². The van der Waals surface area contributed by atoms with E-state index in [0.29, 0.717) is 5.02 Å². The summed E-state index contributed by atoms with van der Waals surface area (Å²) in [5, 5.41) is 3.50. The van der Waals surface area contributed by atoms with E-state index in [1.54, 1.807) is 13.0 Å². The fourth-order valence-corrected chi connectivity index (χ4v) is 5.17. The van der Waals surface area contributed by atoms with Crippen molar-refractivity contribution < 1.29 is 18.0 Å². The first-order chi connectivity index (χ1) is 16.6. The van der Waals surface area contributed by atoms with Crippen molar-refractivity contribution in [3.8, 4) is 0 Å². The number of carbonyl (C=O) groups excluding carboxylic acids is 2. The van der Waals surface area contributed by atoms with E-state index in [-0.39, 0.29) is 48.5 Å². The molecule has 0 saturated heterocycles. The first-order valence-electron chi connectivity index (χ1n) is 11.4. The lowest BCUT2D eigenvalue weighted by Gasteiger charge is -2.32. The quantitative estimate of drug-likeness (QED) is 0.373. The van der Waals surface area contributed by atoms with Crippen LogP contribution in [0.2, 0.25) is 10.0 Å². The smallest absolute Gasteiger partial charge is 0.242 e. The van der Waals surface area contributed by atoms with Crippen LogP contribution in [-0.4, -0.2) is 49.5 Å². The maximum atomic E-state index is 13.3. The van der Waals surface area contributed by atoms with Gasteiger partial charge in [0, 0.05) is 34.5 Å². The van der Waals surface area contributed by atoms with Crippen molar-refractivity contribution in [2.45, 2.75) is 58.7 Å². The Kier molecular flexibility index (Phi) is 10.7. The summed E-state index contributed by atoms with van der Waals surface area (Å²) in [6.07, 6.45) is 1.33. The lowest BCUT2D eigenvalue weighted by atomic mass is 10.1. The molecule has 2 rings (SSSR count). The molecule has 0 saturated carbocycles. The molecular weight excluding hydrogens is 589 g/mol. The summed E-state index contributed by atoms with van der Waals surface area (Å²) in [7, 11) is -3.68. The third-order valence-electron chi connectivity index (χ3n) is 5.26. The van der Waals surface area contributed by atoms with Gasteiger partial charge in [0.05, 0.1) is 17.0 Å². The van der Waals surface area contributed by atoms with Crippen LogP contribution in [-0.2, 0) is 26.2 Å². The van der Waals surface area contributed by atoms with E-state index in [4.69, 9.17) is 23.2 Å². The second kappa shape index (κ2) is 12.6. The number of nitrogens with one attached hydrogen (secondary N) is 1. The van der Waals surface area contributed by atoms with Gasteiger partial charge in [-0.3, -0.25) is 13.9 Å². The zero-order valence-corrected chi connectivity index (χ0v) is 24.9. The number of hydrogen-bond acceptors (Lipinski definition) is 4. The molecule has 1 N–H and O–H groups in total. The summed E-state index contributed by atoms with van der Waals surface area (Å²) in [5.74, 6) is -0.531. The Hall–Kier alpha value is -1.81. The number of benzene rings is 2. The van der Waals surface area contributed by atoms with Gasteiger partial charge in [0.15, 0.2) is 0 Å². The Morgan fingerprint density at radius 1 is 1.08 bits per heavy atom. The molecule has 0 aliphatic rings. The lowest BCUT2D eigenvalue weighted by molar-refractivity contribution is -0.141. The highest BCUT2D eigenvalue weighted by Crippen LogP contribution is 2.31. The maximum Gasteiger partial charge on any atom is 0.242 e. The molecule has 0 bridgehead atoms. The zero-order chi connectivity index (χ0) is 27.3. The van der Waals surface area contributed by atoms with Crippen molar-refractivity contribution in [1.29, 1.82) is 0 Å². The van der Waals surface area contributed by atoms with Crippen LogP contribution in [0.1, 0.15) is 46.1 Å². The number of hydrogen-bond donors (Lipinski definition) is 1. The molecule has 2 aromatic rings. The summed E-state index contributed by atoms with van der Waals surface area (Å²) in [6.45, 7) is 7.57. The van der Waals surface area contributed by atoms with Gasteiger partial charge in [-0.15, -0.1) is 0 Å². The molecule has 0 heterocycles. The van der Waals surface area contributed by atoms with Gasteiger partial charge in [0.1, 0.15) is 6.04 Å². The fraction of sp³-hybridized carbons (Fsp3) is 0.440. The number of nitrogens with zero attached hydrogens (tertiary/aromatic N) is 2. The van der Waals surface area contributed by atoms with Crippen molar-refractivity contribution in [3.05, 3.63) is 62.5 Å². The molecular formula is C25H32BrCl2N3O4S. The molecule has 0 aliphatic heterocycles. The van der Waals surface area contributed by atoms with E-state index in [1.165, 1.54) is 17.0 Å². The number of amides is 2. The maximum absolute atomic E-state index is 13.3. The van der Waals surface area contributed by atoms with Crippen molar-refractivity contribution in [2.75, 3.05) is 17.1 Å². The van der Waals surface area contributed by atoms with E-state index in [2.05, 4.69) is 21.2 Å². The highest BCUT2D eigenvalue weighted by Gasteiger charge is 2.29. The molecule has 198 valence electrons. The normalized spacial score (nSPS) is 12.7. The minimum atomic E-state index is -3.68. The monoisotopic (exact) mass is 619 g/mol. The summed E-state index contributed by atoms with van der Waals surface area (Å²) in [6, 6.07) is 11.4. The third kappa shape index (κ3) is 9.25. The number of carbonyl (C=O) groups is 2. The minimum Gasteiger partial charge on any atom is -0.350 e. The van der Waals surface area contributed by atoms with Gasteiger partial charge in [-0.2, -0.15) is 0 Å². The zero-order valence-electron chi connectivity index (χ0n) is 21.0. The van der Waals surface area contributed by atoms with Crippen molar-refractivity contribution in [3.63, 3.8) is 0 Å². The first-order valence-corrected chi connectivity index (χ1v) is 14.8. The molecule has 1 atom stereocenters. The largest absolute Gasteiger partial charge is 0.350 e. The highest BCUT2D eigenvalue weighted by atomic mass is 79.9. The van der Waals surface area contributed by atoms with Crippen LogP contribution < -0.4 is 9.62 Å². The molecule has 0 aromatic heterocycles. The second-order valence-electron chi connectivity index (χ2n) is 9.60. The van der Waals surface area contributed by atoms with Crippen LogP contribution in [0.3, 0.4) is 0 Å². The van der Waals surface area contributed by atoms with Gasteiger partial charge in [0.25, 0.3) is 0 Å². The average Bonchev–Trinajstić information content (AvgIpc) is 2.75. The average molecular weight is 621 g/mol. The van der Waals surface area contributed by atoms with Crippen LogP contribution in [0.15, 0.2) is 46.9 Å². The SMILES string of the molecule is CC(C(=O)NC(C)(C)C)N(Cc1ccc(Br)cc1)C(=O)CCCN(c1cc(Cl)ccc1Cl)S(C)(=O)=O. The van der Waals surface area contributed by atoms with Gasteiger partial charge in [-0.25, -0.2) is 8.42 Å². The van der Waals surface area contributed by atoms with Gasteiger partial charge in [0.2, 0.25) is 21.8 Å². The summed E-state index contributed by atoms with van der Waals surface area (Å²) >= 11 is 15.7. The van der Waals surface area contributed by atoms with Crippen LogP contribution in [0.25, 0.3) is 0 Å². The van der Waals surface area contributed by atoms with Crippen LogP contribution in [0.4, 0.5) is 5.69 Å². The number of rotatable bonds is 10. The van der Waals surface area contributed by atoms with Gasteiger partial charge in [-0.05, 0) is 70.0 Å². The Balaban J connectivity index is 2.22. The number of anilines is 1. The highest BCUT2D eigenvalue weighted by molar-refractivity contribution is 9.10. The molecule has 11 heteroatoms. The predicted molar refractivity (Wildman–Crippen MR) is 150 cm³/mol. The lowest BCUT2D eigenvalue weighted by Crippen LogP contribution is -2.52. The van der Waals surface area contributed by atoms with Gasteiger partial charge in [-0.1, -0.05) is 51.3 Å². The second-order valence-corrected chi connectivity index (χ2v) is 13.3. The van der Waals surface area contributed by atoms with Crippen LogP contribution in [0.5, 0.6) is 0 Å². The summed E-state index contributed by atoms with van der Waals surface area (Å²) < 4.78 is 27.0. The van der Waals surface area contributed by atoms with Crippen molar-refractivity contribution in [2.24, 2.45) is 0 Å². The third-order valence-corrected chi connectivity index (χ3v) is 7.52. The number of sulfonamides is 1. The van der Waals surface area contributed by atoms with Crippen LogP contribution in [0, 0.1) is 0 Å². The molecule has 7 nitrogen and oxygen atoms in total. The van der Waals surface area contributed by atoms with E-state index < -0.39 is 21.6 Å². The number of halogens is 3. The minimum absolute atomic E-state index is 0.0271. The summed E-state index contributed by atoms with van der Waals surface area (Å²) in [5.41, 5.74) is 0.665. The van der Waals surface area contributed by atoms with E-state index >= 15 is 0 Å². The standard InChI is InChI=1S/C25H32BrCl2N3O4S/c1-17(24(33)29-25(2,3)4)30(16-18-8-10-19(26)11-9-18)23(32)7-6-14-31(36(5,34)35)22-15-20(27)12-13-21(22)28/h8-13,15,17H,6-7,14,16H2,1-5H3,(H,29,33). The van der Waals surface area contributed by atoms with Gasteiger partial charge >= 0.3 is 0 Å². The molecule has 1 unspecified atom stereocenters. The summed E-state index contributed by atoms with van der Waals surface area (Å²) in [4.78, 5) is 27.7. The Morgan fingerprint density at radius 2 is 1.69 bits per heavy atom. The Morgan fingerprint density at radius 3 is 2.25 bits per heavy atom. The molecule has 0 spiro atoms. The van der Waals surface area contributed by atoms with E-state index in [9.17, 15) is 18.0 Å². The van der Waals surface area contributed by atoms with Crippen molar-refractivity contribution in [1.82, 2.24) is 10.2 Å². The molecule has 36 heavy (non-hydrogen) atoms. The molecule has 2 amide bonds. The van der Waals surface area contributed by atoms with Crippen LogP contribution >= 0.6 is 39.1 Å². The molecule has 0 radical (unpaired) electrons. The fourth-order valence-electron chi connectivity index (χ4n) is 3.50. The molecule has 0 aliphatic carbocycles. The van der Waals surface area contributed by atoms with Crippen molar-refractivity contribution >= 4 is 66.7 Å². The first kappa shape index (κ1) is 30.4. The Bertz CT molecular complexity index is 1180.